The molecule has 2 amide bonds. The summed E-state index contributed by atoms with van der Waals surface area (Å²) in [6, 6.07) is 14.1. The van der Waals surface area contributed by atoms with Crippen LogP contribution in [0.15, 0.2) is 42.5 Å². The number of carbonyl (C=O) groups excluding carboxylic acids is 1. The second-order valence-corrected chi connectivity index (χ2v) is 6.38. The van der Waals surface area contributed by atoms with Crippen LogP contribution in [0.2, 0.25) is 0 Å². The van der Waals surface area contributed by atoms with Crippen molar-refractivity contribution in [1.82, 2.24) is 10.2 Å². The van der Waals surface area contributed by atoms with E-state index in [1.54, 1.807) is 7.11 Å². The third kappa shape index (κ3) is 4.51. The highest BCUT2D eigenvalue weighted by Gasteiger charge is 2.15. The van der Waals surface area contributed by atoms with Crippen molar-refractivity contribution >= 4 is 11.7 Å². The summed E-state index contributed by atoms with van der Waals surface area (Å²) in [5, 5.41) is 5.79. The maximum Gasteiger partial charge on any atom is 0.319 e. The molecule has 5 nitrogen and oxygen atoms in total. The second kappa shape index (κ2) is 8.03. The Labute approximate surface area is 149 Å². The summed E-state index contributed by atoms with van der Waals surface area (Å²) >= 11 is 0. The van der Waals surface area contributed by atoms with E-state index in [-0.39, 0.29) is 6.03 Å². The SMILES string of the molecule is COc1ccc(C)cc1NC(=O)NCCN1CCc2ccccc2C1. The molecule has 0 saturated heterocycles. The van der Waals surface area contributed by atoms with Crippen molar-refractivity contribution in [2.45, 2.75) is 19.9 Å². The van der Waals surface area contributed by atoms with Gasteiger partial charge in [-0.2, -0.15) is 0 Å². The fraction of sp³-hybridized carbons (Fsp3) is 0.350. The molecule has 132 valence electrons. The van der Waals surface area contributed by atoms with E-state index in [1.165, 1.54) is 11.1 Å². The number of nitrogens with one attached hydrogen (secondary N) is 2. The molecule has 0 aliphatic carbocycles. The average molecular weight is 339 g/mol. The molecule has 1 aliphatic rings. The molecule has 25 heavy (non-hydrogen) atoms. The Balaban J connectivity index is 1.47. The third-order valence-electron chi connectivity index (χ3n) is 4.53. The second-order valence-electron chi connectivity index (χ2n) is 6.38. The zero-order chi connectivity index (χ0) is 17.6. The fourth-order valence-electron chi connectivity index (χ4n) is 3.16. The Morgan fingerprint density at radius 3 is 2.80 bits per heavy atom. The highest BCUT2D eigenvalue weighted by atomic mass is 16.5. The summed E-state index contributed by atoms with van der Waals surface area (Å²) < 4.78 is 5.28. The Kier molecular flexibility index (Phi) is 5.56. The number of benzene rings is 2. The Bertz CT molecular complexity index is 745. The molecule has 0 atom stereocenters. The number of fused-ring (bicyclic) bond motifs is 1. The van der Waals surface area contributed by atoms with Crippen LogP contribution in [0.5, 0.6) is 5.75 Å². The number of carbonyl (C=O) groups is 1. The molecule has 2 aromatic carbocycles. The van der Waals surface area contributed by atoms with Gasteiger partial charge in [-0.25, -0.2) is 4.79 Å². The van der Waals surface area contributed by atoms with Gasteiger partial charge in [-0.05, 0) is 42.2 Å². The summed E-state index contributed by atoms with van der Waals surface area (Å²) in [6.45, 7) is 5.42. The molecule has 1 aliphatic heterocycles. The van der Waals surface area contributed by atoms with E-state index < -0.39 is 0 Å². The lowest BCUT2D eigenvalue weighted by Crippen LogP contribution is -2.39. The number of aryl methyl sites for hydroxylation is 1. The topological polar surface area (TPSA) is 53.6 Å². The molecule has 2 N–H and O–H groups in total. The highest BCUT2D eigenvalue weighted by Crippen LogP contribution is 2.25. The van der Waals surface area contributed by atoms with Crippen LogP contribution in [0, 0.1) is 6.92 Å². The number of urea groups is 1. The van der Waals surface area contributed by atoms with Gasteiger partial charge in [0, 0.05) is 26.2 Å². The van der Waals surface area contributed by atoms with Crippen LogP contribution >= 0.6 is 0 Å². The lowest BCUT2D eigenvalue weighted by molar-refractivity contribution is 0.239. The number of anilines is 1. The van der Waals surface area contributed by atoms with Gasteiger partial charge in [0.05, 0.1) is 12.8 Å². The smallest absolute Gasteiger partial charge is 0.319 e. The van der Waals surface area contributed by atoms with Crippen molar-refractivity contribution in [3.05, 3.63) is 59.2 Å². The minimum Gasteiger partial charge on any atom is -0.495 e. The van der Waals surface area contributed by atoms with Crippen molar-refractivity contribution in [2.24, 2.45) is 0 Å². The summed E-state index contributed by atoms with van der Waals surface area (Å²) in [5.41, 5.74) is 4.59. The van der Waals surface area contributed by atoms with Crippen LogP contribution < -0.4 is 15.4 Å². The zero-order valence-electron chi connectivity index (χ0n) is 14.8. The quantitative estimate of drug-likeness (QED) is 0.880. The van der Waals surface area contributed by atoms with E-state index in [0.29, 0.717) is 18.0 Å². The predicted molar refractivity (Wildman–Crippen MR) is 100 cm³/mol. The normalized spacial score (nSPS) is 13.8. The van der Waals surface area contributed by atoms with Crippen LogP contribution in [-0.2, 0) is 13.0 Å². The van der Waals surface area contributed by atoms with Gasteiger partial charge in [0.1, 0.15) is 5.75 Å². The van der Waals surface area contributed by atoms with E-state index in [0.717, 1.165) is 31.6 Å². The monoisotopic (exact) mass is 339 g/mol. The first kappa shape index (κ1) is 17.3. The molecule has 1 heterocycles. The van der Waals surface area contributed by atoms with E-state index in [9.17, 15) is 4.79 Å². The Morgan fingerprint density at radius 1 is 1.20 bits per heavy atom. The van der Waals surface area contributed by atoms with Crippen LogP contribution in [0.1, 0.15) is 16.7 Å². The number of ether oxygens (including phenoxy) is 1. The molecule has 3 rings (SSSR count). The number of amides is 2. The molecule has 0 unspecified atom stereocenters. The molecule has 0 radical (unpaired) electrons. The number of methoxy groups -OCH3 is 1. The minimum absolute atomic E-state index is 0.207. The lowest BCUT2D eigenvalue weighted by Gasteiger charge is -2.28. The van der Waals surface area contributed by atoms with E-state index >= 15 is 0 Å². The number of hydrogen-bond acceptors (Lipinski definition) is 3. The predicted octanol–water partition coefficient (Wildman–Crippen LogP) is 3.18. The highest BCUT2D eigenvalue weighted by molar-refractivity contribution is 5.91. The van der Waals surface area contributed by atoms with Gasteiger partial charge in [0.2, 0.25) is 0 Å². The molecule has 0 aromatic heterocycles. The van der Waals surface area contributed by atoms with Gasteiger partial charge in [-0.3, -0.25) is 4.90 Å². The first-order chi connectivity index (χ1) is 12.2. The number of nitrogens with zero attached hydrogens (tertiary/aromatic N) is 1. The zero-order valence-corrected chi connectivity index (χ0v) is 14.8. The van der Waals surface area contributed by atoms with Gasteiger partial charge >= 0.3 is 6.03 Å². The molecular weight excluding hydrogens is 314 g/mol. The molecule has 0 bridgehead atoms. The first-order valence-corrected chi connectivity index (χ1v) is 8.64. The maximum atomic E-state index is 12.1. The molecule has 0 fully saturated rings. The van der Waals surface area contributed by atoms with Crippen molar-refractivity contribution < 1.29 is 9.53 Å². The maximum absolute atomic E-state index is 12.1. The van der Waals surface area contributed by atoms with Gasteiger partial charge in [-0.1, -0.05) is 30.3 Å². The van der Waals surface area contributed by atoms with E-state index in [1.807, 2.05) is 25.1 Å². The molecule has 2 aromatic rings. The molecular formula is C20H25N3O2. The molecule has 0 saturated carbocycles. The Morgan fingerprint density at radius 2 is 2.00 bits per heavy atom. The summed E-state index contributed by atoms with van der Waals surface area (Å²) in [6.07, 6.45) is 1.07. The minimum atomic E-state index is -0.207. The van der Waals surface area contributed by atoms with E-state index in [4.69, 9.17) is 4.74 Å². The number of hydrogen-bond donors (Lipinski definition) is 2. The number of rotatable bonds is 5. The van der Waals surface area contributed by atoms with Gasteiger partial charge in [-0.15, -0.1) is 0 Å². The van der Waals surface area contributed by atoms with Crippen LogP contribution in [-0.4, -0.2) is 37.7 Å². The van der Waals surface area contributed by atoms with Gasteiger partial charge in [0.25, 0.3) is 0 Å². The van der Waals surface area contributed by atoms with Crippen molar-refractivity contribution in [3.8, 4) is 5.75 Å². The Hall–Kier alpha value is -2.53. The van der Waals surface area contributed by atoms with Crippen molar-refractivity contribution in [2.75, 3.05) is 32.1 Å². The van der Waals surface area contributed by atoms with Gasteiger partial charge < -0.3 is 15.4 Å². The third-order valence-corrected chi connectivity index (χ3v) is 4.53. The molecule has 5 heteroatoms. The fourth-order valence-corrected chi connectivity index (χ4v) is 3.16. The summed E-state index contributed by atoms with van der Waals surface area (Å²) in [5.74, 6) is 0.661. The van der Waals surface area contributed by atoms with E-state index in [2.05, 4.69) is 39.8 Å². The standard InChI is InChI=1S/C20H25N3O2/c1-15-7-8-19(25-2)18(13-15)22-20(24)21-10-12-23-11-9-16-5-3-4-6-17(16)14-23/h3-8,13H,9-12,14H2,1-2H3,(H2,21,22,24). The summed E-state index contributed by atoms with van der Waals surface area (Å²) in [7, 11) is 1.60. The largest absolute Gasteiger partial charge is 0.495 e. The lowest BCUT2D eigenvalue weighted by atomic mass is 10.00. The van der Waals surface area contributed by atoms with Crippen LogP contribution in [0.3, 0.4) is 0 Å². The van der Waals surface area contributed by atoms with Gasteiger partial charge in [0.15, 0.2) is 0 Å². The van der Waals surface area contributed by atoms with Crippen LogP contribution in [0.4, 0.5) is 10.5 Å². The molecule has 0 spiro atoms. The van der Waals surface area contributed by atoms with Crippen molar-refractivity contribution in [3.63, 3.8) is 0 Å². The average Bonchev–Trinajstić information content (AvgIpc) is 2.62. The summed E-state index contributed by atoms with van der Waals surface area (Å²) in [4.78, 5) is 14.5. The van der Waals surface area contributed by atoms with Crippen molar-refractivity contribution in [1.29, 1.82) is 0 Å². The van der Waals surface area contributed by atoms with Crippen LogP contribution in [0.25, 0.3) is 0 Å². The first-order valence-electron chi connectivity index (χ1n) is 8.64.